The molecule has 2 rings (SSSR count). The molecule has 0 bridgehead atoms. The van der Waals surface area contributed by atoms with E-state index in [-0.39, 0.29) is 5.91 Å². The summed E-state index contributed by atoms with van der Waals surface area (Å²) in [5.41, 5.74) is 1.12. The number of hydrogen-bond donors (Lipinski definition) is 1. The summed E-state index contributed by atoms with van der Waals surface area (Å²) in [4.78, 5) is 14.2. The van der Waals surface area contributed by atoms with Crippen molar-refractivity contribution < 1.29 is 14.3 Å². The lowest BCUT2D eigenvalue weighted by Crippen LogP contribution is -2.32. The van der Waals surface area contributed by atoms with Gasteiger partial charge in [0.1, 0.15) is 13.2 Å². The smallest absolute Gasteiger partial charge is 0.236 e. The molecule has 0 atom stereocenters. The second kappa shape index (κ2) is 6.85. The van der Waals surface area contributed by atoms with Crippen LogP contribution in [0.3, 0.4) is 0 Å². The summed E-state index contributed by atoms with van der Waals surface area (Å²) in [6.45, 7) is 2.13. The van der Waals surface area contributed by atoms with Crippen molar-refractivity contribution in [3.05, 3.63) is 17.7 Å². The molecule has 0 aliphatic carbocycles. The number of rotatable bonds is 5. The first-order valence-corrected chi connectivity index (χ1v) is 7.71. The topological polar surface area (TPSA) is 50.8 Å². The summed E-state index contributed by atoms with van der Waals surface area (Å²) >= 11 is 1.66. The Morgan fingerprint density at radius 2 is 1.95 bits per heavy atom. The van der Waals surface area contributed by atoms with Crippen LogP contribution in [0.2, 0.25) is 0 Å². The molecule has 0 spiro atoms. The van der Waals surface area contributed by atoms with Gasteiger partial charge in [-0.15, -0.1) is 11.8 Å². The van der Waals surface area contributed by atoms with E-state index in [1.807, 2.05) is 18.4 Å². The van der Waals surface area contributed by atoms with Gasteiger partial charge in [-0.2, -0.15) is 0 Å². The third kappa shape index (κ3) is 3.58. The van der Waals surface area contributed by atoms with E-state index in [9.17, 15) is 4.79 Å². The van der Waals surface area contributed by atoms with Crippen molar-refractivity contribution in [3.63, 3.8) is 0 Å². The standard InChI is InChI=1S/C14H20N2O3S/c1-16(2)14(17)9-15-8-10-6-11-12(7-13(10)20-3)19-5-4-18-11/h6-7,15H,4-5,8-9H2,1-3H3. The molecule has 1 N–H and O–H groups in total. The number of fused-ring (bicyclic) bond motifs is 1. The van der Waals surface area contributed by atoms with Crippen LogP contribution in [-0.4, -0.2) is 50.9 Å². The largest absolute Gasteiger partial charge is 0.486 e. The summed E-state index contributed by atoms with van der Waals surface area (Å²) in [6.07, 6.45) is 2.03. The number of carbonyl (C=O) groups excluding carboxylic acids is 1. The Morgan fingerprint density at radius 3 is 2.55 bits per heavy atom. The highest BCUT2D eigenvalue weighted by molar-refractivity contribution is 7.98. The Kier molecular flexibility index (Phi) is 5.14. The molecule has 110 valence electrons. The fourth-order valence-electron chi connectivity index (χ4n) is 1.90. The van der Waals surface area contributed by atoms with Crippen LogP contribution in [0, 0.1) is 0 Å². The number of amides is 1. The molecule has 1 aliphatic heterocycles. The van der Waals surface area contributed by atoms with E-state index in [0.29, 0.717) is 26.3 Å². The number of carbonyl (C=O) groups is 1. The van der Waals surface area contributed by atoms with Crippen LogP contribution in [0.4, 0.5) is 0 Å². The third-order valence-electron chi connectivity index (χ3n) is 3.04. The highest BCUT2D eigenvalue weighted by Crippen LogP contribution is 2.36. The number of thioether (sulfide) groups is 1. The maximum absolute atomic E-state index is 11.5. The van der Waals surface area contributed by atoms with Gasteiger partial charge < -0.3 is 19.7 Å². The molecule has 1 aliphatic rings. The molecular weight excluding hydrogens is 276 g/mol. The van der Waals surface area contributed by atoms with Gasteiger partial charge in [0.2, 0.25) is 5.91 Å². The van der Waals surface area contributed by atoms with E-state index < -0.39 is 0 Å². The van der Waals surface area contributed by atoms with Crippen LogP contribution < -0.4 is 14.8 Å². The second-order valence-electron chi connectivity index (χ2n) is 4.70. The summed E-state index contributed by atoms with van der Waals surface area (Å²) in [6, 6.07) is 4.00. The lowest BCUT2D eigenvalue weighted by molar-refractivity contribution is -0.127. The van der Waals surface area contributed by atoms with Crippen molar-refractivity contribution in [1.29, 1.82) is 0 Å². The molecule has 1 heterocycles. The second-order valence-corrected chi connectivity index (χ2v) is 5.55. The summed E-state index contributed by atoms with van der Waals surface area (Å²) in [5.74, 6) is 1.65. The van der Waals surface area contributed by atoms with Gasteiger partial charge in [-0.3, -0.25) is 4.79 Å². The molecule has 5 nitrogen and oxygen atoms in total. The molecule has 20 heavy (non-hydrogen) atoms. The van der Waals surface area contributed by atoms with Crippen molar-refractivity contribution in [1.82, 2.24) is 10.2 Å². The van der Waals surface area contributed by atoms with Gasteiger partial charge in [0, 0.05) is 25.5 Å². The number of nitrogens with zero attached hydrogens (tertiary/aromatic N) is 1. The molecule has 1 aromatic rings. The zero-order valence-corrected chi connectivity index (χ0v) is 12.9. The number of ether oxygens (including phenoxy) is 2. The molecule has 6 heteroatoms. The number of nitrogens with one attached hydrogen (secondary N) is 1. The Bertz CT molecular complexity index is 492. The average molecular weight is 296 g/mol. The zero-order valence-electron chi connectivity index (χ0n) is 12.1. The Labute approximate surface area is 123 Å². The van der Waals surface area contributed by atoms with Gasteiger partial charge in [-0.05, 0) is 24.0 Å². The molecule has 0 saturated carbocycles. The number of benzene rings is 1. The first-order chi connectivity index (χ1) is 9.61. The Hall–Kier alpha value is -1.40. The molecule has 1 amide bonds. The van der Waals surface area contributed by atoms with E-state index in [1.54, 1.807) is 30.8 Å². The van der Waals surface area contributed by atoms with E-state index in [0.717, 1.165) is 22.0 Å². The van der Waals surface area contributed by atoms with Crippen molar-refractivity contribution in [2.45, 2.75) is 11.4 Å². The third-order valence-corrected chi connectivity index (χ3v) is 3.86. The molecule has 0 aromatic heterocycles. The SMILES string of the molecule is CSc1cc2c(cc1CNCC(=O)N(C)C)OCCO2. The van der Waals surface area contributed by atoms with Gasteiger partial charge in [-0.1, -0.05) is 0 Å². The molecule has 1 aromatic carbocycles. The van der Waals surface area contributed by atoms with E-state index in [2.05, 4.69) is 5.32 Å². The number of likely N-dealkylation sites (N-methyl/N-ethyl adjacent to an activating group) is 1. The maximum Gasteiger partial charge on any atom is 0.236 e. The van der Waals surface area contributed by atoms with Crippen LogP contribution in [-0.2, 0) is 11.3 Å². The van der Waals surface area contributed by atoms with Gasteiger partial charge in [-0.25, -0.2) is 0 Å². The Morgan fingerprint density at radius 1 is 1.30 bits per heavy atom. The minimum absolute atomic E-state index is 0.0632. The summed E-state index contributed by atoms with van der Waals surface area (Å²) in [7, 11) is 3.50. The quantitative estimate of drug-likeness (QED) is 0.832. The van der Waals surface area contributed by atoms with E-state index in [4.69, 9.17) is 9.47 Å². The van der Waals surface area contributed by atoms with Crippen molar-refractivity contribution in [2.24, 2.45) is 0 Å². The maximum atomic E-state index is 11.5. The number of hydrogen-bond acceptors (Lipinski definition) is 5. The van der Waals surface area contributed by atoms with Crippen molar-refractivity contribution in [3.8, 4) is 11.5 Å². The van der Waals surface area contributed by atoms with Crippen molar-refractivity contribution in [2.75, 3.05) is 40.1 Å². The normalized spacial score (nSPS) is 13.2. The highest BCUT2D eigenvalue weighted by atomic mass is 32.2. The molecule has 0 saturated heterocycles. The first-order valence-electron chi connectivity index (χ1n) is 6.49. The van der Waals surface area contributed by atoms with Crippen LogP contribution >= 0.6 is 11.8 Å². The van der Waals surface area contributed by atoms with Gasteiger partial charge in [0.25, 0.3) is 0 Å². The predicted octanol–water partition coefficient (Wildman–Crippen LogP) is 1.36. The zero-order chi connectivity index (χ0) is 14.5. The predicted molar refractivity (Wildman–Crippen MR) is 79.6 cm³/mol. The van der Waals surface area contributed by atoms with E-state index in [1.165, 1.54) is 0 Å². The highest BCUT2D eigenvalue weighted by Gasteiger charge is 2.15. The molecule has 0 fully saturated rings. The first kappa shape index (κ1) is 15.0. The van der Waals surface area contributed by atoms with Crippen LogP contribution in [0.1, 0.15) is 5.56 Å². The van der Waals surface area contributed by atoms with Gasteiger partial charge in [0.15, 0.2) is 11.5 Å². The monoisotopic (exact) mass is 296 g/mol. The van der Waals surface area contributed by atoms with Gasteiger partial charge in [0.05, 0.1) is 6.54 Å². The fourth-order valence-corrected chi connectivity index (χ4v) is 2.52. The Balaban J connectivity index is 2.05. The minimum atomic E-state index is 0.0632. The molecule has 0 radical (unpaired) electrons. The fraction of sp³-hybridized carbons (Fsp3) is 0.500. The average Bonchev–Trinajstić information content (AvgIpc) is 2.46. The lowest BCUT2D eigenvalue weighted by atomic mass is 10.2. The minimum Gasteiger partial charge on any atom is -0.486 e. The lowest BCUT2D eigenvalue weighted by Gasteiger charge is -2.21. The summed E-state index contributed by atoms with van der Waals surface area (Å²) < 4.78 is 11.2. The van der Waals surface area contributed by atoms with Crippen molar-refractivity contribution >= 4 is 17.7 Å². The van der Waals surface area contributed by atoms with Crippen LogP contribution in [0.5, 0.6) is 11.5 Å². The van der Waals surface area contributed by atoms with Crippen LogP contribution in [0.25, 0.3) is 0 Å². The molecule has 0 unspecified atom stereocenters. The molecular formula is C14H20N2O3S. The van der Waals surface area contributed by atoms with Crippen LogP contribution in [0.15, 0.2) is 17.0 Å². The van der Waals surface area contributed by atoms with Gasteiger partial charge >= 0.3 is 0 Å². The summed E-state index contributed by atoms with van der Waals surface area (Å²) in [5, 5.41) is 3.16. The van der Waals surface area contributed by atoms with E-state index >= 15 is 0 Å².